The van der Waals surface area contributed by atoms with E-state index in [0.29, 0.717) is 13.0 Å². The van der Waals surface area contributed by atoms with Crippen molar-refractivity contribution in [3.8, 4) is 0 Å². The molecule has 362 valence electrons. The molecule has 0 saturated carbocycles. The number of carbonyl (C=O) groups excluding carboxylic acids is 1. The van der Waals surface area contributed by atoms with Crippen LogP contribution in [-0.2, 0) is 23.7 Å². The molecule has 0 aromatic carbocycles. The highest BCUT2D eigenvalue weighted by atomic mass is 16.7. The normalized spacial score (nSPS) is 19.9. The molecule has 0 radical (unpaired) electrons. The summed E-state index contributed by atoms with van der Waals surface area (Å²) in [5, 5.41) is 40.2. The third kappa shape index (κ3) is 34.9. The number of esters is 1. The van der Waals surface area contributed by atoms with E-state index in [1.165, 1.54) is 199 Å². The third-order valence-corrected chi connectivity index (χ3v) is 12.4. The molecule has 0 aliphatic carbocycles. The predicted octanol–water partition coefficient (Wildman–Crippen LogP) is 12.8. The van der Waals surface area contributed by atoms with Crippen molar-refractivity contribution in [2.75, 3.05) is 26.4 Å². The zero-order chi connectivity index (χ0) is 44.3. The van der Waals surface area contributed by atoms with E-state index >= 15 is 0 Å². The molecule has 1 heterocycles. The number of ether oxygens (including phenoxy) is 4. The Bertz CT molecular complexity index is 946. The number of aliphatic hydroxyl groups excluding tert-OH is 4. The molecule has 1 saturated heterocycles. The third-order valence-electron chi connectivity index (χ3n) is 12.4. The molecule has 0 aromatic rings. The zero-order valence-corrected chi connectivity index (χ0v) is 39.9. The Morgan fingerprint density at radius 1 is 0.508 bits per heavy atom. The lowest BCUT2D eigenvalue weighted by atomic mass is 9.99. The van der Waals surface area contributed by atoms with Gasteiger partial charge in [-0.25, -0.2) is 0 Å². The molecular weight excluding hydrogens is 769 g/mol. The SMILES string of the molecule is CCCCCCCC/C=C\CCCCCCCCCCCCOCC(COC1OC(CO)C(O)C(O)C1O)OC(=O)CCCCCCCCCCCCCCCCCCCC. The number of hydrogen-bond acceptors (Lipinski definition) is 9. The largest absolute Gasteiger partial charge is 0.457 e. The van der Waals surface area contributed by atoms with Crippen molar-refractivity contribution in [3.63, 3.8) is 0 Å². The summed E-state index contributed by atoms with van der Waals surface area (Å²) in [6.45, 7) is 4.61. The molecule has 4 N–H and O–H groups in total. The van der Waals surface area contributed by atoms with Gasteiger partial charge in [0.15, 0.2) is 6.29 Å². The van der Waals surface area contributed by atoms with Gasteiger partial charge in [0.05, 0.1) is 19.8 Å². The van der Waals surface area contributed by atoms with Crippen LogP contribution in [-0.4, -0.2) is 89.6 Å². The second kappa shape index (κ2) is 44.1. The van der Waals surface area contributed by atoms with Gasteiger partial charge < -0.3 is 39.4 Å². The van der Waals surface area contributed by atoms with Gasteiger partial charge in [0.1, 0.15) is 30.5 Å². The number of hydrogen-bond donors (Lipinski definition) is 4. The molecule has 1 rings (SSSR count). The lowest BCUT2D eigenvalue weighted by molar-refractivity contribution is -0.305. The first kappa shape index (κ1) is 57.9. The minimum atomic E-state index is -1.53. The first-order valence-corrected chi connectivity index (χ1v) is 26.3. The van der Waals surface area contributed by atoms with Gasteiger partial charge in [-0.15, -0.1) is 0 Å². The Morgan fingerprint density at radius 3 is 1.33 bits per heavy atom. The lowest BCUT2D eigenvalue weighted by Crippen LogP contribution is -2.59. The standard InChI is InChI=1S/C52H100O9/c1-3-5-7-9-11-13-15-17-19-21-23-24-26-28-30-32-34-36-38-40-42-58-44-46(45-59-52-51(57)50(56)49(55)47(43-53)61-52)60-48(54)41-39-37-35-33-31-29-27-25-22-20-18-16-14-12-10-8-6-4-2/h17,19,46-47,49-53,55-57H,3-16,18,20-45H2,1-2H3/b19-17-. The van der Waals surface area contributed by atoms with Gasteiger partial charge in [-0.3, -0.25) is 4.79 Å². The summed E-state index contributed by atoms with van der Waals surface area (Å²) >= 11 is 0. The highest BCUT2D eigenvalue weighted by Crippen LogP contribution is 2.23. The number of aliphatic hydroxyl groups is 4. The van der Waals surface area contributed by atoms with Crippen molar-refractivity contribution in [3.05, 3.63) is 12.2 Å². The van der Waals surface area contributed by atoms with Crippen LogP contribution in [0, 0.1) is 0 Å². The molecule has 9 heteroatoms. The van der Waals surface area contributed by atoms with Crippen molar-refractivity contribution < 1.29 is 44.2 Å². The Morgan fingerprint density at radius 2 is 0.902 bits per heavy atom. The van der Waals surface area contributed by atoms with Crippen LogP contribution in [0.25, 0.3) is 0 Å². The Hall–Kier alpha value is -1.07. The fraction of sp³-hybridized carbons (Fsp3) is 0.942. The molecule has 0 aromatic heterocycles. The summed E-state index contributed by atoms with van der Waals surface area (Å²) in [7, 11) is 0. The first-order chi connectivity index (χ1) is 29.9. The minimum absolute atomic E-state index is 0.108. The summed E-state index contributed by atoms with van der Waals surface area (Å²) in [6, 6.07) is 0. The van der Waals surface area contributed by atoms with E-state index in [1.54, 1.807) is 0 Å². The lowest BCUT2D eigenvalue weighted by Gasteiger charge is -2.39. The van der Waals surface area contributed by atoms with E-state index in [1.807, 2.05) is 0 Å². The Labute approximate surface area is 375 Å². The molecule has 0 amide bonds. The minimum Gasteiger partial charge on any atom is -0.457 e. The van der Waals surface area contributed by atoms with E-state index in [4.69, 9.17) is 18.9 Å². The van der Waals surface area contributed by atoms with E-state index in [9.17, 15) is 25.2 Å². The first-order valence-electron chi connectivity index (χ1n) is 26.3. The molecular formula is C52H100O9. The summed E-state index contributed by atoms with van der Waals surface area (Å²) in [5.41, 5.74) is 0. The van der Waals surface area contributed by atoms with Crippen LogP contribution in [0.2, 0.25) is 0 Å². The van der Waals surface area contributed by atoms with Crippen molar-refractivity contribution >= 4 is 5.97 Å². The van der Waals surface area contributed by atoms with Crippen molar-refractivity contribution in [2.24, 2.45) is 0 Å². The van der Waals surface area contributed by atoms with Crippen LogP contribution in [0.3, 0.4) is 0 Å². The topological polar surface area (TPSA) is 135 Å². The van der Waals surface area contributed by atoms with Gasteiger partial charge in [-0.1, -0.05) is 219 Å². The zero-order valence-electron chi connectivity index (χ0n) is 39.9. The number of unbranched alkanes of at least 4 members (excludes halogenated alkanes) is 33. The summed E-state index contributed by atoms with van der Waals surface area (Å²) in [5.74, 6) is -0.307. The molecule has 6 unspecified atom stereocenters. The summed E-state index contributed by atoms with van der Waals surface area (Å²) in [4.78, 5) is 12.8. The molecule has 9 nitrogen and oxygen atoms in total. The predicted molar refractivity (Wildman–Crippen MR) is 252 cm³/mol. The maximum Gasteiger partial charge on any atom is 0.306 e. The maximum atomic E-state index is 12.8. The fourth-order valence-corrected chi connectivity index (χ4v) is 8.31. The fourth-order valence-electron chi connectivity index (χ4n) is 8.31. The quantitative estimate of drug-likeness (QED) is 0.0268. The average Bonchev–Trinajstić information content (AvgIpc) is 3.26. The monoisotopic (exact) mass is 869 g/mol. The second-order valence-electron chi connectivity index (χ2n) is 18.3. The van der Waals surface area contributed by atoms with Crippen LogP contribution in [0.1, 0.15) is 251 Å². The molecule has 6 atom stereocenters. The van der Waals surface area contributed by atoms with Gasteiger partial charge in [0.2, 0.25) is 0 Å². The summed E-state index contributed by atoms with van der Waals surface area (Å²) in [6.07, 6.45) is 43.9. The Balaban J connectivity index is 2.18. The van der Waals surface area contributed by atoms with Gasteiger partial charge in [-0.2, -0.15) is 0 Å². The summed E-state index contributed by atoms with van der Waals surface area (Å²) < 4.78 is 22.9. The van der Waals surface area contributed by atoms with E-state index in [-0.39, 0.29) is 19.2 Å². The smallest absolute Gasteiger partial charge is 0.306 e. The van der Waals surface area contributed by atoms with Crippen LogP contribution in [0.4, 0.5) is 0 Å². The average molecular weight is 869 g/mol. The van der Waals surface area contributed by atoms with Gasteiger partial charge in [-0.05, 0) is 38.5 Å². The van der Waals surface area contributed by atoms with Crippen molar-refractivity contribution in [2.45, 2.75) is 288 Å². The highest BCUT2D eigenvalue weighted by molar-refractivity contribution is 5.69. The van der Waals surface area contributed by atoms with Crippen molar-refractivity contribution in [1.82, 2.24) is 0 Å². The number of allylic oxidation sites excluding steroid dienone is 2. The van der Waals surface area contributed by atoms with Gasteiger partial charge in [0, 0.05) is 13.0 Å². The number of rotatable bonds is 46. The Kier molecular flexibility index (Phi) is 41.9. The maximum absolute atomic E-state index is 12.8. The molecule has 0 bridgehead atoms. The van der Waals surface area contributed by atoms with Crippen LogP contribution >= 0.6 is 0 Å². The van der Waals surface area contributed by atoms with Gasteiger partial charge >= 0.3 is 5.97 Å². The molecule has 1 fully saturated rings. The van der Waals surface area contributed by atoms with E-state index < -0.39 is 43.4 Å². The van der Waals surface area contributed by atoms with Crippen molar-refractivity contribution in [1.29, 1.82) is 0 Å². The molecule has 61 heavy (non-hydrogen) atoms. The second-order valence-corrected chi connectivity index (χ2v) is 18.3. The molecule has 1 aliphatic heterocycles. The van der Waals surface area contributed by atoms with Crippen LogP contribution in [0.5, 0.6) is 0 Å². The van der Waals surface area contributed by atoms with Crippen LogP contribution in [0.15, 0.2) is 12.2 Å². The number of carbonyl (C=O) groups is 1. The molecule has 1 aliphatic rings. The van der Waals surface area contributed by atoms with Gasteiger partial charge in [0.25, 0.3) is 0 Å². The van der Waals surface area contributed by atoms with E-state index in [0.717, 1.165) is 32.1 Å². The highest BCUT2D eigenvalue weighted by Gasteiger charge is 2.44. The molecule has 0 spiro atoms. The van der Waals surface area contributed by atoms with Crippen LogP contribution < -0.4 is 0 Å². The van der Waals surface area contributed by atoms with E-state index in [2.05, 4.69) is 26.0 Å².